The molecule has 7 heteroatoms. The fourth-order valence-corrected chi connectivity index (χ4v) is 1.71. The molecule has 20 heavy (non-hydrogen) atoms. The van der Waals surface area contributed by atoms with Crippen LogP contribution in [0.2, 0.25) is 0 Å². The van der Waals surface area contributed by atoms with E-state index in [1.54, 1.807) is 0 Å². The molecule has 1 heterocycles. The van der Waals surface area contributed by atoms with E-state index in [1.165, 1.54) is 0 Å². The second kappa shape index (κ2) is 6.67. The number of rotatable bonds is 5. The van der Waals surface area contributed by atoms with Gasteiger partial charge >= 0.3 is 6.03 Å². The molecule has 0 aliphatic rings. The Morgan fingerprint density at radius 3 is 2.95 bits per heavy atom. The number of urea groups is 1. The molecule has 0 spiro atoms. The summed E-state index contributed by atoms with van der Waals surface area (Å²) in [6, 6.07) is 7.34. The van der Waals surface area contributed by atoms with Crippen LogP contribution >= 0.6 is 0 Å². The van der Waals surface area contributed by atoms with Crippen LogP contribution in [0.4, 0.5) is 4.79 Å². The SMILES string of the molecule is Cc1nc(-c2cccc(CNC(=O)NCCO)c2)n[nH]1. The molecule has 0 saturated carbocycles. The molecule has 2 rings (SSSR count). The molecular weight excluding hydrogens is 258 g/mol. The molecule has 2 amide bonds. The van der Waals surface area contributed by atoms with Gasteiger partial charge in [0, 0.05) is 18.7 Å². The Balaban J connectivity index is 1.98. The number of carbonyl (C=O) groups is 1. The predicted molar refractivity (Wildman–Crippen MR) is 73.9 cm³/mol. The normalized spacial score (nSPS) is 10.3. The van der Waals surface area contributed by atoms with Crippen LogP contribution in [0.3, 0.4) is 0 Å². The number of carbonyl (C=O) groups excluding carboxylic acids is 1. The summed E-state index contributed by atoms with van der Waals surface area (Å²) in [5.74, 6) is 1.39. The molecule has 0 radical (unpaired) electrons. The molecule has 7 nitrogen and oxygen atoms in total. The summed E-state index contributed by atoms with van der Waals surface area (Å²) in [4.78, 5) is 15.6. The number of amides is 2. The van der Waals surface area contributed by atoms with Gasteiger partial charge in [0.2, 0.25) is 0 Å². The molecule has 0 saturated heterocycles. The van der Waals surface area contributed by atoms with Gasteiger partial charge in [-0.25, -0.2) is 9.78 Å². The summed E-state index contributed by atoms with van der Waals surface area (Å²) in [5, 5.41) is 20.7. The standard InChI is InChI=1S/C13H17N5O2/c1-9-16-12(18-17-9)11-4-2-3-10(7-11)8-15-13(20)14-5-6-19/h2-4,7,19H,5-6,8H2,1H3,(H2,14,15,20)(H,16,17,18). The Bertz CT molecular complexity index is 582. The number of aliphatic hydroxyl groups is 1. The van der Waals surface area contributed by atoms with Gasteiger partial charge in [-0.3, -0.25) is 5.10 Å². The molecule has 106 valence electrons. The molecule has 1 aromatic carbocycles. The maximum absolute atomic E-state index is 11.4. The molecule has 0 atom stereocenters. The van der Waals surface area contributed by atoms with E-state index in [0.29, 0.717) is 12.4 Å². The second-order valence-electron chi connectivity index (χ2n) is 4.28. The van der Waals surface area contributed by atoms with Crippen molar-refractivity contribution in [1.82, 2.24) is 25.8 Å². The Kier molecular flexibility index (Phi) is 4.67. The van der Waals surface area contributed by atoms with Crippen molar-refractivity contribution >= 4 is 6.03 Å². The van der Waals surface area contributed by atoms with Gasteiger partial charge in [0.05, 0.1) is 6.61 Å². The Morgan fingerprint density at radius 1 is 1.40 bits per heavy atom. The van der Waals surface area contributed by atoms with Crippen LogP contribution < -0.4 is 10.6 Å². The van der Waals surface area contributed by atoms with E-state index in [0.717, 1.165) is 17.0 Å². The Labute approximate surface area is 116 Å². The topological polar surface area (TPSA) is 103 Å². The van der Waals surface area contributed by atoms with Crippen LogP contribution in [0.5, 0.6) is 0 Å². The number of nitrogens with zero attached hydrogens (tertiary/aromatic N) is 2. The van der Waals surface area contributed by atoms with Crippen molar-refractivity contribution in [3.8, 4) is 11.4 Å². The smallest absolute Gasteiger partial charge is 0.315 e. The summed E-state index contributed by atoms with van der Waals surface area (Å²) in [6.07, 6.45) is 0. The number of hydrogen-bond donors (Lipinski definition) is 4. The minimum Gasteiger partial charge on any atom is -0.395 e. The van der Waals surface area contributed by atoms with E-state index in [4.69, 9.17) is 5.11 Å². The highest BCUT2D eigenvalue weighted by molar-refractivity contribution is 5.73. The van der Waals surface area contributed by atoms with Gasteiger partial charge in [-0.15, -0.1) is 0 Å². The minimum atomic E-state index is -0.307. The number of aliphatic hydroxyl groups excluding tert-OH is 1. The predicted octanol–water partition coefficient (Wildman–Crippen LogP) is 0.572. The van der Waals surface area contributed by atoms with Crippen molar-refractivity contribution in [1.29, 1.82) is 0 Å². The van der Waals surface area contributed by atoms with Gasteiger partial charge in [-0.05, 0) is 18.6 Å². The van der Waals surface area contributed by atoms with E-state index in [-0.39, 0.29) is 19.2 Å². The highest BCUT2D eigenvalue weighted by Crippen LogP contribution is 2.16. The molecule has 0 fully saturated rings. The largest absolute Gasteiger partial charge is 0.395 e. The summed E-state index contributed by atoms with van der Waals surface area (Å²) in [7, 11) is 0. The molecule has 0 unspecified atom stereocenters. The van der Waals surface area contributed by atoms with E-state index in [9.17, 15) is 4.79 Å². The lowest BCUT2D eigenvalue weighted by molar-refractivity contribution is 0.234. The van der Waals surface area contributed by atoms with Crippen molar-refractivity contribution in [2.75, 3.05) is 13.2 Å². The summed E-state index contributed by atoms with van der Waals surface area (Å²) in [6.45, 7) is 2.40. The second-order valence-corrected chi connectivity index (χ2v) is 4.28. The van der Waals surface area contributed by atoms with Crippen LogP contribution in [-0.2, 0) is 6.54 Å². The quantitative estimate of drug-likeness (QED) is 0.640. The third-order valence-electron chi connectivity index (χ3n) is 2.63. The molecule has 0 aliphatic heterocycles. The number of aryl methyl sites for hydroxylation is 1. The average molecular weight is 275 g/mol. The lowest BCUT2D eigenvalue weighted by Crippen LogP contribution is -2.36. The maximum Gasteiger partial charge on any atom is 0.315 e. The molecule has 2 aromatic rings. The van der Waals surface area contributed by atoms with Gasteiger partial charge < -0.3 is 15.7 Å². The molecule has 0 aliphatic carbocycles. The van der Waals surface area contributed by atoms with Gasteiger partial charge in [0.1, 0.15) is 5.82 Å². The van der Waals surface area contributed by atoms with E-state index in [2.05, 4.69) is 25.8 Å². The minimum absolute atomic E-state index is 0.0763. The molecule has 0 bridgehead atoms. The number of aromatic nitrogens is 3. The first-order valence-corrected chi connectivity index (χ1v) is 6.30. The molecule has 1 aromatic heterocycles. The van der Waals surface area contributed by atoms with Crippen LogP contribution in [0.1, 0.15) is 11.4 Å². The first-order chi connectivity index (χ1) is 9.69. The zero-order valence-electron chi connectivity index (χ0n) is 11.2. The number of H-pyrrole nitrogens is 1. The molecule has 4 N–H and O–H groups in total. The first-order valence-electron chi connectivity index (χ1n) is 6.30. The van der Waals surface area contributed by atoms with Crippen LogP contribution in [0, 0.1) is 6.92 Å². The van der Waals surface area contributed by atoms with Gasteiger partial charge in [-0.1, -0.05) is 18.2 Å². The third-order valence-corrected chi connectivity index (χ3v) is 2.63. The van der Waals surface area contributed by atoms with E-state index < -0.39 is 0 Å². The maximum atomic E-state index is 11.4. The summed E-state index contributed by atoms with van der Waals surface area (Å²) < 4.78 is 0. The lowest BCUT2D eigenvalue weighted by Gasteiger charge is -2.07. The fourth-order valence-electron chi connectivity index (χ4n) is 1.71. The zero-order chi connectivity index (χ0) is 14.4. The third kappa shape index (κ3) is 3.79. The van der Waals surface area contributed by atoms with Crippen molar-refractivity contribution in [3.05, 3.63) is 35.7 Å². The van der Waals surface area contributed by atoms with Crippen LogP contribution in [0.25, 0.3) is 11.4 Å². The van der Waals surface area contributed by atoms with Crippen LogP contribution in [0.15, 0.2) is 24.3 Å². The van der Waals surface area contributed by atoms with Crippen molar-refractivity contribution in [2.45, 2.75) is 13.5 Å². The number of nitrogens with one attached hydrogen (secondary N) is 3. The van der Waals surface area contributed by atoms with Crippen molar-refractivity contribution in [2.24, 2.45) is 0 Å². The van der Waals surface area contributed by atoms with E-state index in [1.807, 2.05) is 31.2 Å². The van der Waals surface area contributed by atoms with E-state index >= 15 is 0 Å². The Morgan fingerprint density at radius 2 is 2.25 bits per heavy atom. The van der Waals surface area contributed by atoms with Gasteiger partial charge in [0.25, 0.3) is 0 Å². The highest BCUT2D eigenvalue weighted by Gasteiger charge is 2.05. The summed E-state index contributed by atoms with van der Waals surface area (Å²) >= 11 is 0. The van der Waals surface area contributed by atoms with Gasteiger partial charge in [0.15, 0.2) is 5.82 Å². The number of benzene rings is 1. The molecular formula is C13H17N5O2. The number of aromatic amines is 1. The van der Waals surface area contributed by atoms with Gasteiger partial charge in [-0.2, -0.15) is 5.10 Å². The fraction of sp³-hybridized carbons (Fsp3) is 0.308. The Hall–Kier alpha value is -2.41. The van der Waals surface area contributed by atoms with Crippen molar-refractivity contribution in [3.63, 3.8) is 0 Å². The zero-order valence-corrected chi connectivity index (χ0v) is 11.2. The first kappa shape index (κ1) is 14.0. The highest BCUT2D eigenvalue weighted by atomic mass is 16.3. The summed E-state index contributed by atoms with van der Waals surface area (Å²) in [5.41, 5.74) is 1.84. The van der Waals surface area contributed by atoms with Crippen LogP contribution in [-0.4, -0.2) is 39.5 Å². The van der Waals surface area contributed by atoms with Crippen molar-refractivity contribution < 1.29 is 9.90 Å². The monoisotopic (exact) mass is 275 g/mol. The number of hydrogen-bond acceptors (Lipinski definition) is 4. The lowest BCUT2D eigenvalue weighted by atomic mass is 10.1. The average Bonchev–Trinajstić information content (AvgIpc) is 2.90.